The maximum absolute atomic E-state index is 11.7. The number of ketones is 1. The Bertz CT molecular complexity index is 459. The Hall–Kier alpha value is -1.64. The van der Waals surface area contributed by atoms with Gasteiger partial charge in [0.15, 0.2) is 5.78 Å². The minimum atomic E-state index is 0.187. The Morgan fingerprint density at radius 1 is 1.57 bits per heavy atom. The Morgan fingerprint density at radius 2 is 2.43 bits per heavy atom. The molecule has 0 radical (unpaired) electrons. The normalized spacial score (nSPS) is 10.6. The molecule has 2 aromatic heterocycles. The zero-order valence-electron chi connectivity index (χ0n) is 8.08. The van der Waals surface area contributed by atoms with Gasteiger partial charge in [-0.2, -0.15) is 0 Å². The number of Topliss-reactive ketones (excluding diaryl/α,β-unsaturated/α-hetero) is 1. The summed E-state index contributed by atoms with van der Waals surface area (Å²) in [6.45, 7) is 2.00. The number of nitrogens with zero attached hydrogens (tertiary/aromatic N) is 1. The highest BCUT2D eigenvalue weighted by molar-refractivity contribution is 6.07. The van der Waals surface area contributed by atoms with Crippen molar-refractivity contribution in [1.82, 2.24) is 9.97 Å². The molecule has 0 unspecified atom stereocenters. The van der Waals surface area contributed by atoms with Crippen molar-refractivity contribution < 1.29 is 4.79 Å². The minimum Gasteiger partial charge on any atom is -0.360 e. The van der Waals surface area contributed by atoms with Gasteiger partial charge in [0, 0.05) is 41.5 Å². The molecule has 1 N–H and O–H groups in total. The average Bonchev–Trinajstić information content (AvgIpc) is 2.61. The standard InChI is InChI=1S/C11H12N2O/c1-2-3-11(14)9-7-13-10-4-5-12-6-8(9)10/h4-7,13H,2-3H2,1H3. The molecule has 0 aliphatic heterocycles. The summed E-state index contributed by atoms with van der Waals surface area (Å²) in [4.78, 5) is 18.8. The first-order chi connectivity index (χ1) is 6.83. The summed E-state index contributed by atoms with van der Waals surface area (Å²) >= 11 is 0. The summed E-state index contributed by atoms with van der Waals surface area (Å²) in [5.74, 6) is 0.187. The average molecular weight is 188 g/mol. The van der Waals surface area contributed by atoms with Gasteiger partial charge in [-0.25, -0.2) is 0 Å². The number of carbonyl (C=O) groups is 1. The molecule has 3 heteroatoms. The van der Waals surface area contributed by atoms with Gasteiger partial charge in [0.05, 0.1) is 0 Å². The second-order valence-electron chi connectivity index (χ2n) is 3.30. The first-order valence-corrected chi connectivity index (χ1v) is 4.77. The number of nitrogens with one attached hydrogen (secondary N) is 1. The summed E-state index contributed by atoms with van der Waals surface area (Å²) in [7, 11) is 0. The van der Waals surface area contributed by atoms with Gasteiger partial charge in [-0.3, -0.25) is 9.78 Å². The molecule has 2 heterocycles. The van der Waals surface area contributed by atoms with Crippen molar-refractivity contribution in [3.63, 3.8) is 0 Å². The van der Waals surface area contributed by atoms with Gasteiger partial charge < -0.3 is 4.98 Å². The molecule has 2 rings (SSSR count). The zero-order valence-corrected chi connectivity index (χ0v) is 8.08. The van der Waals surface area contributed by atoms with E-state index >= 15 is 0 Å². The summed E-state index contributed by atoms with van der Waals surface area (Å²) in [6.07, 6.45) is 6.69. The summed E-state index contributed by atoms with van der Waals surface area (Å²) in [5, 5.41) is 0.922. The van der Waals surface area contributed by atoms with E-state index in [4.69, 9.17) is 0 Å². The van der Waals surface area contributed by atoms with Crippen molar-refractivity contribution in [1.29, 1.82) is 0 Å². The van der Waals surface area contributed by atoms with Crippen molar-refractivity contribution in [3.8, 4) is 0 Å². The third kappa shape index (κ3) is 1.41. The van der Waals surface area contributed by atoms with E-state index in [0.29, 0.717) is 6.42 Å². The smallest absolute Gasteiger partial charge is 0.165 e. The number of pyridine rings is 1. The van der Waals surface area contributed by atoms with Gasteiger partial charge in [0.25, 0.3) is 0 Å². The lowest BCUT2D eigenvalue weighted by molar-refractivity contribution is 0.0983. The lowest BCUT2D eigenvalue weighted by Gasteiger charge is -1.95. The van der Waals surface area contributed by atoms with Crippen LogP contribution in [0, 0.1) is 0 Å². The van der Waals surface area contributed by atoms with E-state index in [2.05, 4.69) is 9.97 Å². The second-order valence-corrected chi connectivity index (χ2v) is 3.30. The van der Waals surface area contributed by atoms with Gasteiger partial charge in [-0.05, 0) is 12.5 Å². The Morgan fingerprint density at radius 3 is 3.21 bits per heavy atom. The van der Waals surface area contributed by atoms with Crippen LogP contribution in [0.25, 0.3) is 10.9 Å². The highest BCUT2D eigenvalue weighted by Crippen LogP contribution is 2.18. The van der Waals surface area contributed by atoms with Crippen LogP contribution in [-0.4, -0.2) is 15.8 Å². The maximum atomic E-state index is 11.7. The summed E-state index contributed by atoms with van der Waals surface area (Å²) in [5.41, 5.74) is 1.73. The van der Waals surface area contributed by atoms with E-state index in [1.165, 1.54) is 0 Å². The van der Waals surface area contributed by atoms with E-state index in [1.807, 2.05) is 13.0 Å². The topological polar surface area (TPSA) is 45.8 Å². The first kappa shape index (κ1) is 8.94. The van der Waals surface area contributed by atoms with Gasteiger partial charge >= 0.3 is 0 Å². The lowest BCUT2D eigenvalue weighted by atomic mass is 10.1. The summed E-state index contributed by atoms with van der Waals surface area (Å²) in [6, 6.07) is 1.87. The molecule has 0 saturated heterocycles. The molecule has 2 aromatic rings. The van der Waals surface area contributed by atoms with Crippen molar-refractivity contribution in [3.05, 3.63) is 30.2 Å². The highest BCUT2D eigenvalue weighted by atomic mass is 16.1. The zero-order chi connectivity index (χ0) is 9.97. The molecule has 0 aliphatic carbocycles. The molecular formula is C11H12N2O. The van der Waals surface area contributed by atoms with Crippen LogP contribution in [0.1, 0.15) is 30.1 Å². The molecular weight excluding hydrogens is 176 g/mol. The molecule has 0 amide bonds. The molecule has 0 aromatic carbocycles. The van der Waals surface area contributed by atoms with Crippen LogP contribution in [0.5, 0.6) is 0 Å². The number of rotatable bonds is 3. The number of fused-ring (bicyclic) bond motifs is 1. The Labute approximate surface area is 82.2 Å². The van der Waals surface area contributed by atoms with Crippen molar-refractivity contribution in [2.75, 3.05) is 0 Å². The number of carbonyl (C=O) groups excluding carboxylic acids is 1. The van der Waals surface area contributed by atoms with Crippen LogP contribution >= 0.6 is 0 Å². The van der Waals surface area contributed by atoms with Crippen LogP contribution in [0.15, 0.2) is 24.7 Å². The molecule has 3 nitrogen and oxygen atoms in total. The molecule has 0 fully saturated rings. The van der Waals surface area contributed by atoms with Gasteiger partial charge in [-0.1, -0.05) is 6.92 Å². The third-order valence-electron chi connectivity index (χ3n) is 2.26. The van der Waals surface area contributed by atoms with Crippen LogP contribution in [-0.2, 0) is 0 Å². The molecule has 0 aliphatic rings. The van der Waals surface area contributed by atoms with Gasteiger partial charge in [-0.15, -0.1) is 0 Å². The van der Waals surface area contributed by atoms with Crippen LogP contribution in [0.3, 0.4) is 0 Å². The van der Waals surface area contributed by atoms with Crippen LogP contribution in [0.2, 0.25) is 0 Å². The highest BCUT2D eigenvalue weighted by Gasteiger charge is 2.10. The number of hydrogen-bond donors (Lipinski definition) is 1. The quantitative estimate of drug-likeness (QED) is 0.752. The van der Waals surface area contributed by atoms with E-state index in [1.54, 1.807) is 18.6 Å². The fourth-order valence-electron chi connectivity index (χ4n) is 1.56. The molecule has 0 atom stereocenters. The predicted octanol–water partition coefficient (Wildman–Crippen LogP) is 2.55. The Balaban J connectivity index is 2.47. The van der Waals surface area contributed by atoms with E-state index in [9.17, 15) is 4.79 Å². The molecule has 14 heavy (non-hydrogen) atoms. The third-order valence-corrected chi connectivity index (χ3v) is 2.26. The van der Waals surface area contributed by atoms with Crippen molar-refractivity contribution >= 4 is 16.7 Å². The molecule has 72 valence electrons. The first-order valence-electron chi connectivity index (χ1n) is 4.77. The number of H-pyrrole nitrogens is 1. The van der Waals surface area contributed by atoms with E-state index < -0.39 is 0 Å². The fraction of sp³-hybridized carbons (Fsp3) is 0.273. The SMILES string of the molecule is CCCC(=O)c1c[nH]c2ccncc12. The monoisotopic (exact) mass is 188 g/mol. The van der Waals surface area contributed by atoms with Crippen LogP contribution in [0.4, 0.5) is 0 Å². The van der Waals surface area contributed by atoms with Crippen molar-refractivity contribution in [2.24, 2.45) is 0 Å². The van der Waals surface area contributed by atoms with Gasteiger partial charge in [0.1, 0.15) is 0 Å². The Kier molecular flexibility index (Phi) is 2.31. The second kappa shape index (κ2) is 3.62. The van der Waals surface area contributed by atoms with E-state index in [-0.39, 0.29) is 5.78 Å². The van der Waals surface area contributed by atoms with E-state index in [0.717, 1.165) is 22.9 Å². The molecule has 0 bridgehead atoms. The van der Waals surface area contributed by atoms with Gasteiger partial charge in [0.2, 0.25) is 0 Å². The number of hydrogen-bond acceptors (Lipinski definition) is 2. The minimum absolute atomic E-state index is 0.187. The number of aromatic nitrogens is 2. The maximum Gasteiger partial charge on any atom is 0.165 e. The number of aromatic amines is 1. The van der Waals surface area contributed by atoms with Crippen molar-refractivity contribution in [2.45, 2.75) is 19.8 Å². The lowest BCUT2D eigenvalue weighted by Crippen LogP contribution is -1.96. The molecule has 0 spiro atoms. The largest absolute Gasteiger partial charge is 0.360 e. The fourth-order valence-corrected chi connectivity index (χ4v) is 1.56. The van der Waals surface area contributed by atoms with Crippen LogP contribution < -0.4 is 0 Å². The molecule has 0 saturated carbocycles. The predicted molar refractivity (Wildman–Crippen MR) is 55.3 cm³/mol. The summed E-state index contributed by atoms with van der Waals surface area (Å²) < 4.78 is 0.